The van der Waals surface area contributed by atoms with E-state index >= 15 is 0 Å². The number of nitrogens with one attached hydrogen (secondary N) is 1. The van der Waals surface area contributed by atoms with Gasteiger partial charge in [0.15, 0.2) is 0 Å². The van der Waals surface area contributed by atoms with Crippen LogP contribution in [0.2, 0.25) is 0 Å². The Morgan fingerprint density at radius 1 is 1.69 bits per heavy atom. The Hall–Kier alpha value is -0.610. The third kappa shape index (κ3) is 2.97. The summed E-state index contributed by atoms with van der Waals surface area (Å²) in [4.78, 5) is 13.4. The molecule has 4 heteroatoms. The molecule has 0 bridgehead atoms. The Morgan fingerprint density at radius 3 is 3.00 bits per heavy atom. The maximum Gasteiger partial charge on any atom is 0.251 e. The van der Waals surface area contributed by atoms with E-state index < -0.39 is 0 Å². The maximum atomic E-state index is 11.6. The molecule has 0 aromatic heterocycles. The first-order valence-corrected chi connectivity index (χ1v) is 4.77. The number of ether oxygens (including phenoxy) is 1. The zero-order valence-corrected chi connectivity index (χ0v) is 8.38. The first-order chi connectivity index (χ1) is 6.25. The molecular formula is C9H18N2O2. The molecule has 0 unspecified atom stereocenters. The quantitative estimate of drug-likeness (QED) is 0.663. The van der Waals surface area contributed by atoms with E-state index in [9.17, 15) is 4.79 Å². The van der Waals surface area contributed by atoms with Gasteiger partial charge in [-0.05, 0) is 19.9 Å². The number of likely N-dealkylation sites (N-methyl/N-ethyl adjacent to an activating group) is 2. The highest BCUT2D eigenvalue weighted by molar-refractivity contribution is 5.80. The summed E-state index contributed by atoms with van der Waals surface area (Å²) in [6, 6.07) is 0. The molecule has 0 aromatic carbocycles. The summed E-state index contributed by atoms with van der Waals surface area (Å²) in [5, 5.41) is 3.01. The van der Waals surface area contributed by atoms with E-state index in [0.717, 1.165) is 32.5 Å². The van der Waals surface area contributed by atoms with Gasteiger partial charge in [0.25, 0.3) is 5.91 Å². The first kappa shape index (κ1) is 10.5. The van der Waals surface area contributed by atoms with Gasteiger partial charge in [-0.15, -0.1) is 0 Å². The van der Waals surface area contributed by atoms with Crippen molar-refractivity contribution in [3.05, 3.63) is 0 Å². The van der Waals surface area contributed by atoms with Crippen LogP contribution in [0.3, 0.4) is 0 Å². The third-order valence-corrected chi connectivity index (χ3v) is 2.28. The molecule has 1 rings (SSSR count). The molecule has 0 aromatic rings. The van der Waals surface area contributed by atoms with Crippen LogP contribution in [-0.4, -0.2) is 50.7 Å². The monoisotopic (exact) mass is 186 g/mol. The Balaban J connectivity index is 2.28. The van der Waals surface area contributed by atoms with Crippen molar-refractivity contribution in [1.82, 2.24) is 10.2 Å². The van der Waals surface area contributed by atoms with Crippen LogP contribution in [0.15, 0.2) is 0 Å². The Labute approximate surface area is 79.2 Å². The number of rotatable bonds is 4. The summed E-state index contributed by atoms with van der Waals surface area (Å²) in [6.45, 7) is 2.31. The van der Waals surface area contributed by atoms with Crippen LogP contribution < -0.4 is 5.32 Å². The van der Waals surface area contributed by atoms with Crippen LogP contribution in [0.5, 0.6) is 0 Å². The molecule has 1 saturated heterocycles. The number of hydrogen-bond acceptors (Lipinski definition) is 3. The lowest BCUT2D eigenvalue weighted by molar-refractivity contribution is -0.139. The molecule has 1 aliphatic rings. The second-order valence-electron chi connectivity index (χ2n) is 3.37. The topological polar surface area (TPSA) is 41.6 Å². The molecule has 0 aliphatic carbocycles. The Kier molecular flexibility index (Phi) is 4.18. The number of hydrogen-bond donors (Lipinski definition) is 1. The highest BCUT2D eigenvalue weighted by Gasteiger charge is 2.25. The lowest BCUT2D eigenvalue weighted by Gasteiger charge is -2.20. The largest absolute Gasteiger partial charge is 0.368 e. The van der Waals surface area contributed by atoms with Crippen LogP contribution in [0.4, 0.5) is 0 Å². The van der Waals surface area contributed by atoms with Gasteiger partial charge in [-0.3, -0.25) is 4.79 Å². The van der Waals surface area contributed by atoms with E-state index in [2.05, 4.69) is 5.32 Å². The zero-order chi connectivity index (χ0) is 9.68. The van der Waals surface area contributed by atoms with Gasteiger partial charge in [0.1, 0.15) is 6.10 Å². The molecule has 0 radical (unpaired) electrons. The van der Waals surface area contributed by atoms with Crippen molar-refractivity contribution < 1.29 is 9.53 Å². The van der Waals surface area contributed by atoms with Gasteiger partial charge in [-0.1, -0.05) is 0 Å². The van der Waals surface area contributed by atoms with Crippen LogP contribution in [0.25, 0.3) is 0 Å². The minimum absolute atomic E-state index is 0.118. The van der Waals surface area contributed by atoms with Gasteiger partial charge in [0, 0.05) is 26.7 Å². The van der Waals surface area contributed by atoms with Crippen molar-refractivity contribution in [3.63, 3.8) is 0 Å². The summed E-state index contributed by atoms with van der Waals surface area (Å²) in [5.74, 6) is 0.118. The van der Waals surface area contributed by atoms with Crippen molar-refractivity contribution in [2.24, 2.45) is 0 Å². The summed E-state index contributed by atoms with van der Waals surface area (Å²) in [6.07, 6.45) is 1.71. The molecule has 1 fully saturated rings. The van der Waals surface area contributed by atoms with Gasteiger partial charge < -0.3 is 15.0 Å². The summed E-state index contributed by atoms with van der Waals surface area (Å²) >= 11 is 0. The predicted octanol–water partition coefficient (Wildman–Crippen LogP) is -0.157. The molecule has 0 saturated carbocycles. The van der Waals surface area contributed by atoms with E-state index in [4.69, 9.17) is 4.74 Å². The lowest BCUT2D eigenvalue weighted by atomic mass is 10.2. The second kappa shape index (κ2) is 5.19. The van der Waals surface area contributed by atoms with Crippen LogP contribution in [0, 0.1) is 0 Å². The fraction of sp³-hybridized carbons (Fsp3) is 0.889. The average molecular weight is 186 g/mol. The van der Waals surface area contributed by atoms with Gasteiger partial charge >= 0.3 is 0 Å². The van der Waals surface area contributed by atoms with Crippen molar-refractivity contribution in [1.29, 1.82) is 0 Å². The van der Waals surface area contributed by atoms with Crippen molar-refractivity contribution in [2.45, 2.75) is 18.9 Å². The number of amides is 1. The highest BCUT2D eigenvalue weighted by atomic mass is 16.5. The van der Waals surface area contributed by atoms with Crippen molar-refractivity contribution in [2.75, 3.05) is 33.8 Å². The highest BCUT2D eigenvalue weighted by Crippen LogP contribution is 2.13. The summed E-state index contributed by atoms with van der Waals surface area (Å²) in [7, 11) is 3.70. The molecular weight excluding hydrogens is 168 g/mol. The number of carbonyl (C=O) groups excluding carboxylic acids is 1. The van der Waals surface area contributed by atoms with E-state index in [1.54, 1.807) is 4.90 Å². The maximum absolute atomic E-state index is 11.6. The first-order valence-electron chi connectivity index (χ1n) is 4.77. The van der Waals surface area contributed by atoms with Gasteiger partial charge in [-0.2, -0.15) is 0 Å². The van der Waals surface area contributed by atoms with Crippen molar-refractivity contribution >= 4 is 5.91 Å². The standard InChI is InChI=1S/C9H18N2O2/c1-10-5-6-11(2)9(12)8-4-3-7-13-8/h8,10H,3-7H2,1-2H3/t8-/m0/s1. The Bertz CT molecular complexity index is 167. The normalized spacial score (nSPS) is 21.8. The molecule has 1 aliphatic heterocycles. The fourth-order valence-corrected chi connectivity index (χ4v) is 1.41. The van der Waals surface area contributed by atoms with Gasteiger partial charge in [0.05, 0.1) is 0 Å². The molecule has 1 amide bonds. The fourth-order valence-electron chi connectivity index (χ4n) is 1.41. The zero-order valence-electron chi connectivity index (χ0n) is 8.38. The lowest BCUT2D eigenvalue weighted by Crippen LogP contribution is -2.39. The Morgan fingerprint density at radius 2 is 2.46 bits per heavy atom. The van der Waals surface area contributed by atoms with E-state index in [1.807, 2.05) is 14.1 Å². The van der Waals surface area contributed by atoms with E-state index in [0.29, 0.717) is 0 Å². The second-order valence-corrected chi connectivity index (χ2v) is 3.37. The SMILES string of the molecule is CNCCN(C)C(=O)[C@@H]1CCCO1. The predicted molar refractivity (Wildman–Crippen MR) is 50.5 cm³/mol. The molecule has 0 spiro atoms. The summed E-state index contributed by atoms with van der Waals surface area (Å²) in [5.41, 5.74) is 0. The molecule has 1 N–H and O–H groups in total. The van der Waals surface area contributed by atoms with Gasteiger partial charge in [-0.25, -0.2) is 0 Å². The molecule has 13 heavy (non-hydrogen) atoms. The minimum atomic E-state index is -0.179. The number of carbonyl (C=O) groups is 1. The number of nitrogens with zero attached hydrogens (tertiary/aromatic N) is 1. The van der Waals surface area contributed by atoms with Crippen LogP contribution in [-0.2, 0) is 9.53 Å². The van der Waals surface area contributed by atoms with E-state index in [-0.39, 0.29) is 12.0 Å². The minimum Gasteiger partial charge on any atom is -0.368 e. The molecule has 1 atom stereocenters. The third-order valence-electron chi connectivity index (χ3n) is 2.28. The van der Waals surface area contributed by atoms with Crippen LogP contribution in [0.1, 0.15) is 12.8 Å². The van der Waals surface area contributed by atoms with E-state index in [1.165, 1.54) is 0 Å². The average Bonchev–Trinajstić information content (AvgIpc) is 2.65. The smallest absolute Gasteiger partial charge is 0.251 e. The van der Waals surface area contributed by atoms with Crippen LogP contribution >= 0.6 is 0 Å². The molecule has 76 valence electrons. The molecule has 1 heterocycles. The van der Waals surface area contributed by atoms with Gasteiger partial charge in [0.2, 0.25) is 0 Å². The molecule has 4 nitrogen and oxygen atoms in total. The summed E-state index contributed by atoms with van der Waals surface area (Å²) < 4.78 is 5.30. The van der Waals surface area contributed by atoms with Crippen molar-refractivity contribution in [3.8, 4) is 0 Å².